The van der Waals surface area contributed by atoms with E-state index in [-0.39, 0.29) is 5.91 Å². The molecule has 7 nitrogen and oxygen atoms in total. The second kappa shape index (κ2) is 11.5. The Labute approximate surface area is 220 Å². The molecule has 3 aromatic rings. The predicted octanol–water partition coefficient (Wildman–Crippen LogP) is 4.34. The molecule has 37 heavy (non-hydrogen) atoms. The van der Waals surface area contributed by atoms with Gasteiger partial charge in [-0.1, -0.05) is 79.7 Å². The minimum absolute atomic E-state index is 0.172. The number of carbonyl (C=O) groups is 1. The molecule has 0 bridgehead atoms. The molecule has 0 aromatic heterocycles. The highest BCUT2D eigenvalue weighted by molar-refractivity contribution is 8.13. The molecular weight excluding hydrogens is 484 g/mol. The van der Waals surface area contributed by atoms with E-state index in [4.69, 9.17) is 19.6 Å². The molecule has 1 atom stereocenters. The molecule has 8 heteroatoms. The molecule has 0 aliphatic carbocycles. The zero-order valence-corrected chi connectivity index (χ0v) is 21.8. The van der Waals surface area contributed by atoms with E-state index >= 15 is 0 Å². The first-order chi connectivity index (χ1) is 18.2. The highest BCUT2D eigenvalue weighted by Gasteiger charge is 2.34. The number of hydrogen-bond donors (Lipinski definition) is 1. The Kier molecular flexibility index (Phi) is 7.75. The Balaban J connectivity index is 1.52. The van der Waals surface area contributed by atoms with Crippen LogP contribution in [0.1, 0.15) is 44.0 Å². The van der Waals surface area contributed by atoms with E-state index in [1.54, 1.807) is 16.8 Å². The monoisotopic (exact) mass is 514 g/mol. The van der Waals surface area contributed by atoms with Crippen molar-refractivity contribution in [2.45, 2.75) is 39.5 Å². The van der Waals surface area contributed by atoms with Gasteiger partial charge in [0.2, 0.25) is 0 Å². The van der Waals surface area contributed by atoms with Crippen LogP contribution in [0.15, 0.2) is 82.9 Å². The highest BCUT2D eigenvalue weighted by atomic mass is 32.2. The van der Waals surface area contributed by atoms with Gasteiger partial charge in [0.1, 0.15) is 12.3 Å². The fraction of sp³-hybridized carbons (Fsp3) is 0.276. The van der Waals surface area contributed by atoms with Gasteiger partial charge in [0, 0.05) is 16.5 Å². The molecule has 0 radical (unpaired) electrons. The topological polar surface area (TPSA) is 75.5 Å². The van der Waals surface area contributed by atoms with E-state index in [9.17, 15) is 4.79 Å². The van der Waals surface area contributed by atoms with Gasteiger partial charge in [-0.2, -0.15) is 0 Å². The Morgan fingerprint density at radius 2 is 1.78 bits per heavy atom. The van der Waals surface area contributed by atoms with Crippen LogP contribution in [0, 0.1) is 0 Å². The molecular formula is C29H30N4O3S. The second-order valence-corrected chi connectivity index (χ2v) is 9.77. The van der Waals surface area contributed by atoms with Crippen LogP contribution in [0.4, 0.5) is 0 Å². The summed E-state index contributed by atoms with van der Waals surface area (Å²) in [6.07, 6.45) is 1.62. The Morgan fingerprint density at radius 1 is 0.973 bits per heavy atom. The number of amidine groups is 1. The number of unbranched alkanes of at least 4 members (excludes halogenated alkanes) is 1. The number of thioether (sulfide) groups is 1. The number of nitrogens with one attached hydrogen (secondary N) is 1. The average Bonchev–Trinajstić information content (AvgIpc) is 2.92. The predicted molar refractivity (Wildman–Crippen MR) is 147 cm³/mol. The van der Waals surface area contributed by atoms with Gasteiger partial charge in [-0.05, 0) is 37.1 Å². The van der Waals surface area contributed by atoms with Gasteiger partial charge in [0.15, 0.2) is 22.8 Å². The van der Waals surface area contributed by atoms with Crippen molar-refractivity contribution in [1.29, 1.82) is 0 Å². The minimum Gasteiger partial charge on any atom is -0.490 e. The summed E-state index contributed by atoms with van der Waals surface area (Å²) in [6.45, 7) is 5.02. The van der Waals surface area contributed by atoms with Crippen LogP contribution in [0.5, 0.6) is 11.5 Å². The Morgan fingerprint density at radius 3 is 2.59 bits per heavy atom. The van der Waals surface area contributed by atoms with Crippen LogP contribution in [-0.2, 0) is 11.4 Å². The average molecular weight is 515 g/mol. The van der Waals surface area contributed by atoms with Crippen molar-refractivity contribution in [2.24, 2.45) is 10.1 Å². The number of rotatable bonds is 9. The van der Waals surface area contributed by atoms with Crippen LogP contribution in [-0.4, -0.2) is 28.4 Å². The van der Waals surface area contributed by atoms with Gasteiger partial charge in [-0.3, -0.25) is 15.1 Å². The van der Waals surface area contributed by atoms with Crippen molar-refractivity contribution in [3.63, 3.8) is 0 Å². The first-order valence-corrected chi connectivity index (χ1v) is 13.6. The quantitative estimate of drug-likeness (QED) is 0.430. The van der Waals surface area contributed by atoms with E-state index in [0.29, 0.717) is 35.6 Å². The molecule has 1 unspecified atom stereocenters. The first-order valence-electron chi connectivity index (χ1n) is 12.6. The van der Waals surface area contributed by atoms with Crippen molar-refractivity contribution in [2.75, 3.05) is 12.4 Å². The number of hydrogen-bond acceptors (Lipinski definition) is 7. The van der Waals surface area contributed by atoms with Crippen LogP contribution in [0.3, 0.4) is 0 Å². The zero-order chi connectivity index (χ0) is 25.6. The Bertz CT molecular complexity index is 1420. The Hall–Kier alpha value is -3.78. The van der Waals surface area contributed by atoms with Crippen LogP contribution in [0.25, 0.3) is 5.70 Å². The second-order valence-electron chi connectivity index (χ2n) is 8.69. The van der Waals surface area contributed by atoms with Crippen molar-refractivity contribution < 1.29 is 14.3 Å². The van der Waals surface area contributed by atoms with Crippen molar-refractivity contribution in [3.8, 4) is 11.5 Å². The lowest BCUT2D eigenvalue weighted by Gasteiger charge is -2.34. The van der Waals surface area contributed by atoms with E-state index in [0.717, 1.165) is 40.3 Å². The number of ether oxygens (including phenoxy) is 2. The van der Waals surface area contributed by atoms with Crippen LogP contribution < -0.4 is 25.4 Å². The highest BCUT2D eigenvalue weighted by Crippen LogP contribution is 2.36. The molecule has 1 N–H and O–H groups in total. The molecule has 0 saturated heterocycles. The van der Waals surface area contributed by atoms with Crippen molar-refractivity contribution >= 4 is 28.5 Å². The summed E-state index contributed by atoms with van der Waals surface area (Å²) >= 11 is 1.55. The largest absolute Gasteiger partial charge is 0.490 e. The molecule has 5 rings (SSSR count). The number of benzene rings is 3. The lowest BCUT2D eigenvalue weighted by molar-refractivity contribution is -0.116. The molecule has 1 amide bonds. The van der Waals surface area contributed by atoms with E-state index < -0.39 is 6.17 Å². The van der Waals surface area contributed by atoms with Crippen molar-refractivity contribution in [1.82, 2.24) is 10.3 Å². The van der Waals surface area contributed by atoms with E-state index in [2.05, 4.69) is 12.2 Å². The molecule has 0 fully saturated rings. The summed E-state index contributed by atoms with van der Waals surface area (Å²) in [4.78, 5) is 18.3. The maximum atomic E-state index is 13.3. The van der Waals surface area contributed by atoms with Gasteiger partial charge >= 0.3 is 0 Å². The van der Waals surface area contributed by atoms with Crippen LogP contribution >= 0.6 is 11.8 Å². The normalized spacial score (nSPS) is 16.2. The minimum atomic E-state index is -0.514. The standard InChI is InChI=1S/C29H30N4O3S/c1-3-5-17-37-29-31-28(34)26-22-13-9-10-14-23(22)30-27(33(26)32-29)21-15-16-24(25(18-21)35-4-2)36-19-20-11-7-6-8-12-20/h6-16,18,27H,3-5,17,19H2,1-2H3,(H,31,32,34). The zero-order valence-electron chi connectivity index (χ0n) is 21.0. The summed E-state index contributed by atoms with van der Waals surface area (Å²) in [5, 5.41) is 11.7. The number of nitrogens with zero attached hydrogens (tertiary/aromatic N) is 3. The third-order valence-corrected chi connectivity index (χ3v) is 7.00. The summed E-state index contributed by atoms with van der Waals surface area (Å²) in [7, 11) is 0. The lowest BCUT2D eigenvalue weighted by atomic mass is 10.1. The molecule has 2 aliphatic rings. The van der Waals surface area contributed by atoms with Crippen molar-refractivity contribution in [3.05, 3.63) is 94.5 Å². The fourth-order valence-electron chi connectivity index (χ4n) is 4.23. The maximum Gasteiger partial charge on any atom is 0.276 e. The number of carbonyl (C=O) groups excluding carboxylic acids is 1. The molecule has 190 valence electrons. The summed E-state index contributed by atoms with van der Waals surface area (Å²) < 4.78 is 12.1. The summed E-state index contributed by atoms with van der Waals surface area (Å²) in [5.41, 5.74) is 2.44. The van der Waals surface area contributed by atoms with E-state index in [1.165, 1.54) is 0 Å². The fourth-order valence-corrected chi connectivity index (χ4v) is 5.17. The first kappa shape index (κ1) is 24.9. The third kappa shape index (κ3) is 5.49. The number of fused-ring (bicyclic) bond motifs is 2. The molecule has 3 aromatic carbocycles. The molecule has 0 saturated carbocycles. The van der Waals surface area contributed by atoms with Gasteiger partial charge in [0.25, 0.3) is 5.91 Å². The molecule has 0 spiro atoms. The molecule has 2 heterocycles. The lowest BCUT2D eigenvalue weighted by Crippen LogP contribution is -2.50. The summed E-state index contributed by atoms with van der Waals surface area (Å²) in [6, 6.07) is 23.5. The number of hydrazone groups is 1. The van der Waals surface area contributed by atoms with Gasteiger partial charge in [0.05, 0.1) is 12.0 Å². The van der Waals surface area contributed by atoms with Crippen LogP contribution in [0.2, 0.25) is 0 Å². The van der Waals surface area contributed by atoms with Gasteiger partial charge < -0.3 is 9.47 Å². The third-order valence-electron chi connectivity index (χ3n) is 6.05. The SMILES string of the molecule is CCCCSC1=NN2C(=c3ccccc3=NC2c2ccc(OCc3ccccc3)c(OCC)c2)C(=O)N1. The van der Waals surface area contributed by atoms with E-state index in [1.807, 2.05) is 79.7 Å². The molecule has 2 aliphatic heterocycles. The number of para-hydroxylation sites is 1. The van der Waals surface area contributed by atoms with Gasteiger partial charge in [-0.15, -0.1) is 5.10 Å². The van der Waals surface area contributed by atoms with Gasteiger partial charge in [-0.25, -0.2) is 5.01 Å². The smallest absolute Gasteiger partial charge is 0.276 e. The number of amides is 1. The summed E-state index contributed by atoms with van der Waals surface area (Å²) in [5.74, 6) is 2.01. The maximum absolute atomic E-state index is 13.3.